The SMILES string of the molecule is COC(=O)COc1ccccc1C(=O)Nc1ccc(F)cn1. The van der Waals surface area contributed by atoms with E-state index in [-0.39, 0.29) is 23.7 Å². The van der Waals surface area contributed by atoms with E-state index in [9.17, 15) is 14.0 Å². The van der Waals surface area contributed by atoms with Gasteiger partial charge in [0.2, 0.25) is 0 Å². The lowest BCUT2D eigenvalue weighted by molar-refractivity contribution is -0.142. The largest absolute Gasteiger partial charge is 0.481 e. The van der Waals surface area contributed by atoms with Crippen molar-refractivity contribution in [3.63, 3.8) is 0 Å². The third kappa shape index (κ3) is 4.02. The zero-order valence-electron chi connectivity index (χ0n) is 11.7. The Hall–Kier alpha value is -2.96. The van der Waals surface area contributed by atoms with Crippen molar-refractivity contribution in [3.05, 3.63) is 54.0 Å². The molecule has 1 heterocycles. The number of esters is 1. The molecule has 7 heteroatoms. The van der Waals surface area contributed by atoms with Gasteiger partial charge in [-0.2, -0.15) is 0 Å². The van der Waals surface area contributed by atoms with Gasteiger partial charge < -0.3 is 14.8 Å². The van der Waals surface area contributed by atoms with Gasteiger partial charge in [-0.1, -0.05) is 12.1 Å². The second-order valence-corrected chi connectivity index (χ2v) is 4.18. The number of methoxy groups -OCH3 is 1. The number of hydrogen-bond acceptors (Lipinski definition) is 5. The first-order valence-corrected chi connectivity index (χ1v) is 6.31. The van der Waals surface area contributed by atoms with E-state index in [1.807, 2.05) is 0 Å². The Morgan fingerprint density at radius 3 is 2.68 bits per heavy atom. The minimum absolute atomic E-state index is 0.203. The number of aromatic nitrogens is 1. The van der Waals surface area contributed by atoms with Gasteiger partial charge in [-0.3, -0.25) is 4.79 Å². The minimum Gasteiger partial charge on any atom is -0.481 e. The van der Waals surface area contributed by atoms with E-state index in [0.717, 1.165) is 6.20 Å². The van der Waals surface area contributed by atoms with Crippen molar-refractivity contribution in [1.29, 1.82) is 0 Å². The number of ether oxygens (including phenoxy) is 2. The van der Waals surface area contributed by atoms with Crippen molar-refractivity contribution in [2.24, 2.45) is 0 Å². The predicted octanol–water partition coefficient (Wildman–Crippen LogP) is 2.02. The van der Waals surface area contributed by atoms with Crippen molar-refractivity contribution in [1.82, 2.24) is 4.98 Å². The molecule has 114 valence electrons. The molecule has 0 aliphatic carbocycles. The molecule has 0 unspecified atom stereocenters. The summed E-state index contributed by atoms with van der Waals surface area (Å²) in [7, 11) is 1.24. The van der Waals surface area contributed by atoms with E-state index in [4.69, 9.17) is 4.74 Å². The first-order valence-electron chi connectivity index (χ1n) is 6.31. The van der Waals surface area contributed by atoms with Crippen LogP contribution in [0.5, 0.6) is 5.75 Å². The fraction of sp³-hybridized carbons (Fsp3) is 0.133. The van der Waals surface area contributed by atoms with Crippen LogP contribution in [0.15, 0.2) is 42.6 Å². The highest BCUT2D eigenvalue weighted by molar-refractivity contribution is 6.05. The number of rotatable bonds is 5. The lowest BCUT2D eigenvalue weighted by atomic mass is 10.2. The molecule has 2 aromatic rings. The maximum Gasteiger partial charge on any atom is 0.343 e. The number of benzene rings is 1. The number of halogens is 1. The fourth-order valence-corrected chi connectivity index (χ4v) is 1.61. The maximum absolute atomic E-state index is 12.8. The lowest BCUT2D eigenvalue weighted by Crippen LogP contribution is -2.17. The Labute approximate surface area is 125 Å². The minimum atomic E-state index is -0.560. The second kappa shape index (κ2) is 7.16. The Bertz CT molecular complexity index is 673. The highest BCUT2D eigenvalue weighted by Gasteiger charge is 2.14. The molecule has 0 aliphatic heterocycles. The molecule has 1 aromatic heterocycles. The maximum atomic E-state index is 12.8. The molecule has 1 amide bonds. The van der Waals surface area contributed by atoms with Crippen LogP contribution in [-0.4, -0.2) is 30.6 Å². The van der Waals surface area contributed by atoms with Gasteiger partial charge in [0.15, 0.2) is 6.61 Å². The Morgan fingerprint density at radius 2 is 2.00 bits per heavy atom. The molecule has 0 atom stereocenters. The zero-order chi connectivity index (χ0) is 15.9. The molecule has 0 saturated carbocycles. The monoisotopic (exact) mass is 304 g/mol. The molecule has 0 radical (unpaired) electrons. The molecule has 22 heavy (non-hydrogen) atoms. The summed E-state index contributed by atoms with van der Waals surface area (Å²) in [5.74, 6) is -1.11. The second-order valence-electron chi connectivity index (χ2n) is 4.18. The van der Waals surface area contributed by atoms with E-state index in [2.05, 4.69) is 15.0 Å². The molecule has 1 aromatic carbocycles. The molecule has 0 fully saturated rings. The van der Waals surface area contributed by atoms with Crippen LogP contribution in [0.25, 0.3) is 0 Å². The summed E-state index contributed by atoms with van der Waals surface area (Å²) in [6.07, 6.45) is 0.995. The van der Waals surface area contributed by atoms with Crippen LogP contribution in [0.3, 0.4) is 0 Å². The van der Waals surface area contributed by atoms with Crippen LogP contribution in [0, 0.1) is 5.82 Å². The summed E-state index contributed by atoms with van der Waals surface area (Å²) in [5.41, 5.74) is 0.220. The van der Waals surface area contributed by atoms with E-state index < -0.39 is 17.7 Å². The number of nitrogens with one attached hydrogen (secondary N) is 1. The number of nitrogens with zero attached hydrogens (tertiary/aromatic N) is 1. The Balaban J connectivity index is 2.11. The van der Waals surface area contributed by atoms with Crippen LogP contribution in [-0.2, 0) is 9.53 Å². The van der Waals surface area contributed by atoms with E-state index in [0.29, 0.717) is 0 Å². The molecular formula is C15H13FN2O4. The van der Waals surface area contributed by atoms with Gasteiger partial charge in [0.1, 0.15) is 17.4 Å². The molecule has 1 N–H and O–H groups in total. The average molecular weight is 304 g/mol. The summed E-state index contributed by atoms with van der Waals surface area (Å²) in [6.45, 7) is -0.310. The number of carbonyl (C=O) groups is 2. The molecular weight excluding hydrogens is 291 g/mol. The average Bonchev–Trinajstić information content (AvgIpc) is 2.55. The molecule has 0 aliphatic rings. The van der Waals surface area contributed by atoms with Crippen molar-refractivity contribution in [2.75, 3.05) is 19.0 Å². The predicted molar refractivity (Wildman–Crippen MR) is 76.1 cm³/mol. The van der Waals surface area contributed by atoms with Gasteiger partial charge >= 0.3 is 5.97 Å². The third-order valence-corrected chi connectivity index (χ3v) is 2.67. The van der Waals surface area contributed by atoms with E-state index >= 15 is 0 Å². The number of anilines is 1. The molecule has 6 nitrogen and oxygen atoms in total. The highest BCUT2D eigenvalue weighted by atomic mass is 19.1. The van der Waals surface area contributed by atoms with E-state index in [1.165, 1.54) is 25.3 Å². The summed E-state index contributed by atoms with van der Waals surface area (Å²) in [4.78, 5) is 27.0. The van der Waals surface area contributed by atoms with Gasteiger partial charge in [-0.15, -0.1) is 0 Å². The first kappa shape index (κ1) is 15.4. The van der Waals surface area contributed by atoms with Gasteiger partial charge in [0.25, 0.3) is 5.91 Å². The van der Waals surface area contributed by atoms with Gasteiger partial charge in [0.05, 0.1) is 18.9 Å². The van der Waals surface area contributed by atoms with Crippen LogP contribution in [0.2, 0.25) is 0 Å². The topological polar surface area (TPSA) is 77.5 Å². The van der Waals surface area contributed by atoms with Crippen molar-refractivity contribution in [2.45, 2.75) is 0 Å². The summed E-state index contributed by atoms with van der Waals surface area (Å²) in [5, 5.41) is 2.51. The van der Waals surface area contributed by atoms with Gasteiger partial charge in [-0.25, -0.2) is 14.2 Å². The lowest BCUT2D eigenvalue weighted by Gasteiger charge is -2.10. The van der Waals surface area contributed by atoms with Crippen LogP contribution in [0.1, 0.15) is 10.4 Å². The first-order chi connectivity index (χ1) is 10.6. The third-order valence-electron chi connectivity index (χ3n) is 2.67. The standard InChI is InChI=1S/C15H13FN2O4/c1-21-14(19)9-22-12-5-3-2-4-11(12)15(20)18-13-7-6-10(16)8-17-13/h2-8H,9H2,1H3,(H,17,18,20). The quantitative estimate of drug-likeness (QED) is 0.855. The normalized spacial score (nSPS) is 9.91. The van der Waals surface area contributed by atoms with Crippen LogP contribution < -0.4 is 10.1 Å². The molecule has 0 spiro atoms. The Kier molecular flexibility index (Phi) is 5.02. The van der Waals surface area contributed by atoms with E-state index in [1.54, 1.807) is 18.2 Å². The summed E-state index contributed by atoms with van der Waals surface area (Å²) < 4.78 is 22.5. The number of para-hydroxylation sites is 1. The van der Waals surface area contributed by atoms with Crippen molar-refractivity contribution < 1.29 is 23.5 Å². The molecule has 0 bridgehead atoms. The van der Waals surface area contributed by atoms with Crippen LogP contribution in [0.4, 0.5) is 10.2 Å². The number of hydrogen-bond donors (Lipinski definition) is 1. The number of carbonyl (C=O) groups excluding carboxylic acids is 2. The van der Waals surface area contributed by atoms with Crippen molar-refractivity contribution >= 4 is 17.7 Å². The van der Waals surface area contributed by atoms with Crippen LogP contribution >= 0.6 is 0 Å². The molecule has 2 rings (SSSR count). The van der Waals surface area contributed by atoms with Gasteiger partial charge in [0, 0.05) is 0 Å². The van der Waals surface area contributed by atoms with Crippen molar-refractivity contribution in [3.8, 4) is 5.75 Å². The number of amides is 1. The number of pyridine rings is 1. The smallest absolute Gasteiger partial charge is 0.343 e. The zero-order valence-corrected chi connectivity index (χ0v) is 11.7. The summed E-state index contributed by atoms with van der Waals surface area (Å²) >= 11 is 0. The fourth-order valence-electron chi connectivity index (χ4n) is 1.61. The highest BCUT2D eigenvalue weighted by Crippen LogP contribution is 2.19. The van der Waals surface area contributed by atoms with Gasteiger partial charge in [-0.05, 0) is 24.3 Å². The summed E-state index contributed by atoms with van der Waals surface area (Å²) in [6, 6.07) is 8.92. The molecule has 0 saturated heterocycles. The Morgan fingerprint density at radius 1 is 1.23 bits per heavy atom.